The van der Waals surface area contributed by atoms with Gasteiger partial charge in [-0.25, -0.2) is 0 Å². The van der Waals surface area contributed by atoms with Crippen LogP contribution >= 0.6 is 0 Å². The zero-order valence-corrected chi connectivity index (χ0v) is 28.0. The van der Waals surface area contributed by atoms with Gasteiger partial charge in [0, 0.05) is 0 Å². The summed E-state index contributed by atoms with van der Waals surface area (Å²) in [5.74, 6) is 0. The smallest absolute Gasteiger partial charge is 0.00489 e. The Labute approximate surface area is 250 Å². The van der Waals surface area contributed by atoms with Crippen molar-refractivity contribution in [3.63, 3.8) is 0 Å². The lowest BCUT2D eigenvalue weighted by Gasteiger charge is -2.06. The molecule has 0 spiro atoms. The van der Waals surface area contributed by atoms with Crippen molar-refractivity contribution in [1.29, 1.82) is 0 Å². The van der Waals surface area contributed by atoms with Crippen LogP contribution in [0.4, 0.5) is 0 Å². The van der Waals surface area contributed by atoms with Crippen LogP contribution in [0.3, 0.4) is 0 Å². The molecule has 0 unspecified atom stereocenters. The maximum atomic E-state index is 3.68. The van der Waals surface area contributed by atoms with Gasteiger partial charge in [0.25, 0.3) is 0 Å². The van der Waals surface area contributed by atoms with Crippen molar-refractivity contribution in [2.45, 2.75) is 232 Å². The summed E-state index contributed by atoms with van der Waals surface area (Å²) in [5, 5.41) is 3.68. The fourth-order valence-electron chi connectivity index (χ4n) is 6.07. The summed E-state index contributed by atoms with van der Waals surface area (Å²) in [6.07, 6.45) is 49.7. The van der Waals surface area contributed by atoms with Crippen LogP contribution in [0.25, 0.3) is 0 Å². The van der Waals surface area contributed by atoms with Crippen LogP contribution < -0.4 is 5.32 Å². The van der Waals surface area contributed by atoms with E-state index >= 15 is 0 Å². The van der Waals surface area contributed by atoms with E-state index in [1.54, 1.807) is 0 Å². The molecule has 0 aliphatic carbocycles. The van der Waals surface area contributed by atoms with E-state index in [1.807, 2.05) is 0 Å². The maximum Gasteiger partial charge on any atom is -0.00489 e. The Hall–Kier alpha value is -0.0400. The molecule has 0 aliphatic heterocycles. The highest BCUT2D eigenvalue weighted by molar-refractivity contribution is 4.54. The minimum atomic E-state index is 1.25. The molecular weight excluding hydrogens is 470 g/mol. The molecule has 0 saturated carbocycles. The van der Waals surface area contributed by atoms with Crippen molar-refractivity contribution in [2.24, 2.45) is 0 Å². The highest BCUT2D eigenvalue weighted by atomic mass is 14.8. The second-order valence-corrected chi connectivity index (χ2v) is 13.1. The fraction of sp³-hybridized carbons (Fsp3) is 1.00. The van der Waals surface area contributed by atoms with Crippen LogP contribution in [0.1, 0.15) is 232 Å². The molecule has 0 aromatic carbocycles. The Bertz CT molecular complexity index is 356. The van der Waals surface area contributed by atoms with E-state index in [4.69, 9.17) is 0 Å². The number of hydrogen-bond donors (Lipinski definition) is 1. The molecule has 0 saturated heterocycles. The minimum Gasteiger partial charge on any atom is -0.317 e. The summed E-state index contributed by atoms with van der Waals surface area (Å²) in [6, 6.07) is 0. The van der Waals surface area contributed by atoms with Crippen LogP contribution in [0.15, 0.2) is 0 Å². The van der Waals surface area contributed by atoms with Crippen molar-refractivity contribution in [3.05, 3.63) is 0 Å². The molecule has 1 nitrogen and oxygen atoms in total. The third-order valence-electron chi connectivity index (χ3n) is 8.91. The van der Waals surface area contributed by atoms with Gasteiger partial charge in [0.05, 0.1) is 0 Å². The predicted octanol–water partition coefficient (Wildman–Crippen LogP) is 13.9. The largest absolute Gasteiger partial charge is 0.317 e. The second-order valence-electron chi connectivity index (χ2n) is 13.1. The summed E-state index contributed by atoms with van der Waals surface area (Å²) >= 11 is 0. The van der Waals surface area contributed by atoms with Gasteiger partial charge in [0.2, 0.25) is 0 Å². The Morgan fingerprint density at radius 1 is 0.205 bits per heavy atom. The molecule has 0 bridgehead atoms. The number of nitrogens with one attached hydrogen (secondary N) is 1. The summed E-state index contributed by atoms with van der Waals surface area (Å²) in [5.41, 5.74) is 0. The molecule has 0 atom stereocenters. The van der Waals surface area contributed by atoms with Gasteiger partial charge in [0.15, 0.2) is 0 Å². The van der Waals surface area contributed by atoms with Gasteiger partial charge < -0.3 is 5.32 Å². The Kier molecular flexibility index (Phi) is 37.9. The van der Waals surface area contributed by atoms with E-state index < -0.39 is 0 Å². The highest BCUT2D eigenvalue weighted by Gasteiger charge is 1.97. The third-order valence-corrected chi connectivity index (χ3v) is 8.91. The molecule has 0 amide bonds. The van der Waals surface area contributed by atoms with Gasteiger partial charge in [-0.05, 0) is 25.9 Å². The topological polar surface area (TPSA) is 12.0 Å². The fourth-order valence-corrected chi connectivity index (χ4v) is 6.07. The monoisotopic (exact) mass is 550 g/mol. The second kappa shape index (κ2) is 38.0. The number of unbranched alkanes of at least 4 members (excludes halogenated alkanes) is 32. The van der Waals surface area contributed by atoms with Gasteiger partial charge in [-0.1, -0.05) is 219 Å². The first kappa shape index (κ1) is 39.0. The van der Waals surface area contributed by atoms with E-state index in [0.717, 1.165) is 0 Å². The first-order chi connectivity index (χ1) is 19.4. The van der Waals surface area contributed by atoms with Crippen molar-refractivity contribution < 1.29 is 0 Å². The van der Waals surface area contributed by atoms with Crippen LogP contribution in [0.5, 0.6) is 0 Å². The van der Waals surface area contributed by atoms with Crippen LogP contribution in [0.2, 0.25) is 0 Å². The summed E-state index contributed by atoms with van der Waals surface area (Å²) < 4.78 is 0. The van der Waals surface area contributed by atoms with Crippen molar-refractivity contribution in [2.75, 3.05) is 13.1 Å². The standard InChI is InChI=1S/C38H79N/c1-3-5-7-9-11-13-15-17-18-19-20-21-22-23-24-25-26-28-30-32-34-36-38-39-37-35-33-31-29-27-16-14-12-10-8-6-4-2/h39H,3-38H2,1-2H3. The lowest BCUT2D eigenvalue weighted by atomic mass is 10.0. The van der Waals surface area contributed by atoms with Crippen LogP contribution in [-0.4, -0.2) is 13.1 Å². The average Bonchev–Trinajstić information content (AvgIpc) is 2.95. The van der Waals surface area contributed by atoms with Gasteiger partial charge in [-0.3, -0.25) is 0 Å². The molecule has 0 fully saturated rings. The lowest BCUT2D eigenvalue weighted by molar-refractivity contribution is 0.514. The van der Waals surface area contributed by atoms with Crippen LogP contribution in [-0.2, 0) is 0 Å². The average molecular weight is 550 g/mol. The molecule has 236 valence electrons. The highest BCUT2D eigenvalue weighted by Crippen LogP contribution is 2.15. The normalized spacial score (nSPS) is 11.5. The van der Waals surface area contributed by atoms with E-state index in [2.05, 4.69) is 19.2 Å². The van der Waals surface area contributed by atoms with Crippen LogP contribution in [0, 0.1) is 0 Å². The summed E-state index contributed by atoms with van der Waals surface area (Å²) in [7, 11) is 0. The first-order valence-corrected chi connectivity index (χ1v) is 19.1. The molecule has 1 N–H and O–H groups in total. The van der Waals surface area contributed by atoms with Gasteiger partial charge in [-0.15, -0.1) is 0 Å². The van der Waals surface area contributed by atoms with Crippen molar-refractivity contribution in [1.82, 2.24) is 5.32 Å². The van der Waals surface area contributed by atoms with E-state index in [1.165, 1.54) is 231 Å². The zero-order chi connectivity index (χ0) is 28.2. The van der Waals surface area contributed by atoms with Gasteiger partial charge in [-0.2, -0.15) is 0 Å². The number of hydrogen-bond acceptors (Lipinski definition) is 1. The SMILES string of the molecule is CCCCCCCCCCCCCCCCCCCCCCCCNCCCCCCCCCCCCCC. The number of rotatable bonds is 36. The van der Waals surface area contributed by atoms with Crippen molar-refractivity contribution in [3.8, 4) is 0 Å². The molecule has 0 rings (SSSR count). The molecule has 0 heterocycles. The quantitative estimate of drug-likeness (QED) is 0.0766. The maximum absolute atomic E-state index is 3.68. The Balaban J connectivity index is 3.01. The molecular formula is C38H79N. The van der Waals surface area contributed by atoms with Gasteiger partial charge >= 0.3 is 0 Å². The molecule has 0 radical (unpaired) electrons. The Morgan fingerprint density at radius 2 is 0.359 bits per heavy atom. The molecule has 1 heteroatoms. The molecule has 0 aromatic rings. The molecule has 0 aliphatic rings. The predicted molar refractivity (Wildman–Crippen MR) is 181 cm³/mol. The van der Waals surface area contributed by atoms with Crippen molar-refractivity contribution >= 4 is 0 Å². The van der Waals surface area contributed by atoms with Gasteiger partial charge in [0.1, 0.15) is 0 Å². The third kappa shape index (κ3) is 38.0. The van der Waals surface area contributed by atoms with E-state index in [9.17, 15) is 0 Å². The minimum absolute atomic E-state index is 1.25. The van der Waals surface area contributed by atoms with E-state index in [-0.39, 0.29) is 0 Å². The van der Waals surface area contributed by atoms with E-state index in [0.29, 0.717) is 0 Å². The molecule has 39 heavy (non-hydrogen) atoms. The zero-order valence-electron chi connectivity index (χ0n) is 28.0. The summed E-state index contributed by atoms with van der Waals surface area (Å²) in [4.78, 5) is 0. The molecule has 0 aromatic heterocycles. The Morgan fingerprint density at radius 3 is 0.538 bits per heavy atom. The lowest BCUT2D eigenvalue weighted by Crippen LogP contribution is -2.16. The first-order valence-electron chi connectivity index (χ1n) is 19.1. The summed E-state index contributed by atoms with van der Waals surface area (Å²) in [6.45, 7) is 7.11.